The smallest absolute Gasteiger partial charge is 0.343 e. The summed E-state index contributed by atoms with van der Waals surface area (Å²) in [6.45, 7) is 12.5. The zero-order chi connectivity index (χ0) is 35.5. The Hall–Kier alpha value is -3.32. The molecule has 0 bridgehead atoms. The van der Waals surface area contributed by atoms with E-state index in [1.54, 1.807) is 19.9 Å². The molecule has 0 spiro atoms. The van der Waals surface area contributed by atoms with Crippen molar-refractivity contribution in [3.63, 3.8) is 0 Å². The monoisotopic (exact) mass is 674 g/mol. The number of methoxy groups -OCH3 is 1. The summed E-state index contributed by atoms with van der Waals surface area (Å²) in [4.78, 5) is 78.8. The lowest BCUT2D eigenvalue weighted by atomic mass is 9.46. The molecule has 6 unspecified atom stereocenters. The van der Waals surface area contributed by atoms with E-state index >= 15 is 0 Å². The van der Waals surface area contributed by atoms with Gasteiger partial charge < -0.3 is 38.3 Å². The number of hydrogen-bond acceptors (Lipinski definition) is 13. The van der Waals surface area contributed by atoms with Gasteiger partial charge in [0.05, 0.1) is 24.5 Å². The van der Waals surface area contributed by atoms with Crippen LogP contribution in [0.3, 0.4) is 0 Å². The average Bonchev–Trinajstić information content (AvgIpc) is 3.68. The van der Waals surface area contributed by atoms with Gasteiger partial charge in [-0.2, -0.15) is 0 Å². The molecule has 264 valence electrons. The first-order valence-electron chi connectivity index (χ1n) is 16.7. The van der Waals surface area contributed by atoms with E-state index in [1.807, 2.05) is 13.8 Å². The van der Waals surface area contributed by atoms with Crippen molar-refractivity contribution in [2.24, 2.45) is 57.7 Å². The van der Waals surface area contributed by atoms with Crippen LogP contribution in [0.2, 0.25) is 0 Å². The van der Waals surface area contributed by atoms with Gasteiger partial charge in [-0.25, -0.2) is 4.79 Å². The van der Waals surface area contributed by atoms with E-state index in [2.05, 4.69) is 0 Å². The number of aldehydes is 1. The van der Waals surface area contributed by atoms with E-state index in [-0.39, 0.29) is 30.6 Å². The van der Waals surface area contributed by atoms with Crippen molar-refractivity contribution in [3.05, 3.63) is 11.8 Å². The summed E-state index contributed by atoms with van der Waals surface area (Å²) in [6, 6.07) is 0. The maximum Gasteiger partial charge on any atom is 0.343 e. The number of fused-ring (bicyclic) bond motifs is 6. The molecule has 6 rings (SSSR count). The van der Waals surface area contributed by atoms with Crippen molar-refractivity contribution < 1.29 is 62.3 Å². The first-order chi connectivity index (χ1) is 22.3. The van der Waals surface area contributed by atoms with E-state index in [1.165, 1.54) is 34.8 Å². The third-order valence-electron chi connectivity index (χ3n) is 13.4. The first kappa shape index (κ1) is 34.5. The SMILES string of the molecule is COC(=O)C1C[C@@H]2O[C@@H]2[C@H](OC(C)=O)[C@]1(C)C1C[C@H](OC(C)=O)[C@@]2(C)C(C1C=O)[C@@H](OC(C)=O)C1C2[C@H](C)C=C2OC(=O)[C@@](C)(O)[C@@]21C. The van der Waals surface area contributed by atoms with Crippen LogP contribution >= 0.6 is 0 Å². The van der Waals surface area contributed by atoms with Gasteiger partial charge in [0.15, 0.2) is 5.60 Å². The highest BCUT2D eigenvalue weighted by molar-refractivity contribution is 5.85. The number of rotatable bonds is 6. The molecule has 0 aromatic heterocycles. The Kier molecular flexibility index (Phi) is 7.98. The summed E-state index contributed by atoms with van der Waals surface area (Å²) in [6.07, 6.45) is -0.825. The molecule has 5 fully saturated rings. The molecule has 4 aliphatic carbocycles. The summed E-state index contributed by atoms with van der Waals surface area (Å²) in [5, 5.41) is 11.8. The van der Waals surface area contributed by atoms with Crippen LogP contribution in [0.5, 0.6) is 0 Å². The standard InChI is InChI=1S/C35H46O13/c1-14-10-23-34(7,35(8,42)31(41)48-23)26-24(14)33(6)22(44-15(2)37)12-19(18(13-36)25(33)28(26)45-16(3)38)32(5)20(30(40)43-9)11-21-27(47-21)29(32)46-17(4)39/h10,13-14,18-22,24-29,42H,11-12H2,1-9H3/t14-,18?,19?,20?,21+,22+,24?,25?,26?,27+,28-,29+,32-,33-,34+,35-/m1/s1. The van der Waals surface area contributed by atoms with Gasteiger partial charge in [-0.1, -0.05) is 20.8 Å². The molecule has 2 heterocycles. The number of allylic oxidation sites excluding steroid dienone is 1. The van der Waals surface area contributed by atoms with Crippen LogP contribution in [0.1, 0.15) is 68.2 Å². The Labute approximate surface area is 279 Å². The third kappa shape index (κ3) is 4.41. The van der Waals surface area contributed by atoms with E-state index in [0.29, 0.717) is 0 Å². The number of carbonyl (C=O) groups excluding carboxylic acids is 6. The summed E-state index contributed by atoms with van der Waals surface area (Å²) in [5.41, 5.74) is -5.72. The van der Waals surface area contributed by atoms with Crippen molar-refractivity contribution in [2.45, 2.75) is 104 Å². The number of esters is 5. The molecular weight excluding hydrogens is 628 g/mol. The molecule has 6 aliphatic rings. The van der Waals surface area contributed by atoms with Crippen molar-refractivity contribution in [2.75, 3.05) is 7.11 Å². The minimum absolute atomic E-state index is 0.0942. The lowest BCUT2D eigenvalue weighted by molar-refractivity contribution is -0.209. The van der Waals surface area contributed by atoms with Gasteiger partial charge >= 0.3 is 29.8 Å². The van der Waals surface area contributed by atoms with E-state index in [0.717, 1.165) is 6.29 Å². The largest absolute Gasteiger partial charge is 0.469 e. The quantitative estimate of drug-likeness (QED) is 0.188. The Morgan fingerprint density at radius 3 is 2.10 bits per heavy atom. The maximum atomic E-state index is 13.7. The summed E-state index contributed by atoms with van der Waals surface area (Å²) in [7, 11) is 1.27. The molecule has 13 nitrogen and oxygen atoms in total. The Morgan fingerprint density at radius 2 is 1.54 bits per heavy atom. The molecule has 0 amide bonds. The Bertz CT molecular complexity index is 1480. The first-order valence-corrected chi connectivity index (χ1v) is 16.7. The third-order valence-corrected chi connectivity index (χ3v) is 13.4. The lowest BCUT2D eigenvalue weighted by Crippen LogP contribution is -2.64. The van der Waals surface area contributed by atoms with Crippen molar-refractivity contribution in [1.29, 1.82) is 0 Å². The van der Waals surface area contributed by atoms with E-state index < -0.39 is 112 Å². The van der Waals surface area contributed by atoms with E-state index in [9.17, 15) is 33.9 Å². The minimum atomic E-state index is -2.03. The Morgan fingerprint density at radius 1 is 0.917 bits per heavy atom. The molecule has 2 saturated heterocycles. The van der Waals surface area contributed by atoms with Crippen LogP contribution in [0, 0.1) is 57.7 Å². The van der Waals surface area contributed by atoms with E-state index in [4.69, 9.17) is 28.4 Å². The molecule has 0 aromatic rings. The second kappa shape index (κ2) is 11.1. The van der Waals surface area contributed by atoms with Crippen LogP contribution in [-0.4, -0.2) is 84.5 Å². The van der Waals surface area contributed by atoms with Crippen LogP contribution < -0.4 is 0 Å². The van der Waals surface area contributed by atoms with Crippen LogP contribution in [0.4, 0.5) is 0 Å². The lowest BCUT2D eigenvalue weighted by Gasteiger charge is -2.58. The van der Waals surface area contributed by atoms with Gasteiger partial charge in [0.25, 0.3) is 0 Å². The zero-order valence-electron chi connectivity index (χ0n) is 28.8. The number of epoxide rings is 1. The number of hydrogen-bond donors (Lipinski definition) is 1. The molecule has 0 radical (unpaired) electrons. The van der Waals surface area contributed by atoms with Gasteiger partial charge in [-0.15, -0.1) is 0 Å². The number of carbonyl (C=O) groups is 6. The topological polar surface area (TPSA) is 181 Å². The van der Waals surface area contributed by atoms with Crippen LogP contribution in [0.15, 0.2) is 11.8 Å². The highest BCUT2D eigenvalue weighted by atomic mass is 16.6. The van der Waals surface area contributed by atoms with Gasteiger partial charge in [-0.05, 0) is 50.5 Å². The number of aliphatic hydroxyl groups is 1. The normalized spacial score (nSPS) is 49.9. The summed E-state index contributed by atoms with van der Waals surface area (Å²) in [5.74, 6) is -7.95. The fraction of sp³-hybridized carbons (Fsp3) is 0.771. The molecule has 0 aromatic carbocycles. The molecule has 2 aliphatic heterocycles. The number of ether oxygens (including phenoxy) is 6. The minimum Gasteiger partial charge on any atom is -0.469 e. The highest BCUT2D eigenvalue weighted by Gasteiger charge is 2.80. The highest BCUT2D eigenvalue weighted by Crippen LogP contribution is 2.74. The van der Waals surface area contributed by atoms with Crippen molar-refractivity contribution in [1.82, 2.24) is 0 Å². The second-order valence-electron chi connectivity index (χ2n) is 15.6. The fourth-order valence-electron chi connectivity index (χ4n) is 11.3. The molecular formula is C35H46O13. The van der Waals surface area contributed by atoms with Gasteiger partial charge in [0.2, 0.25) is 0 Å². The van der Waals surface area contributed by atoms with Gasteiger partial charge in [-0.3, -0.25) is 19.2 Å². The molecule has 1 N–H and O–H groups in total. The summed E-state index contributed by atoms with van der Waals surface area (Å²) < 4.78 is 35.1. The molecule has 13 heteroatoms. The summed E-state index contributed by atoms with van der Waals surface area (Å²) >= 11 is 0. The molecule has 3 saturated carbocycles. The average molecular weight is 675 g/mol. The van der Waals surface area contributed by atoms with Crippen LogP contribution in [0.25, 0.3) is 0 Å². The van der Waals surface area contributed by atoms with Crippen molar-refractivity contribution in [3.8, 4) is 0 Å². The maximum absolute atomic E-state index is 13.7. The van der Waals surface area contributed by atoms with Gasteiger partial charge in [0.1, 0.15) is 36.5 Å². The molecule has 48 heavy (non-hydrogen) atoms. The fourth-order valence-corrected chi connectivity index (χ4v) is 11.3. The predicted molar refractivity (Wildman–Crippen MR) is 162 cm³/mol. The van der Waals surface area contributed by atoms with Gasteiger partial charge in [0, 0.05) is 49.4 Å². The Balaban J connectivity index is 1.59. The van der Waals surface area contributed by atoms with Crippen molar-refractivity contribution >= 4 is 36.1 Å². The predicted octanol–water partition coefficient (Wildman–Crippen LogP) is 2.30. The second-order valence-corrected chi connectivity index (χ2v) is 15.6. The zero-order valence-corrected chi connectivity index (χ0v) is 28.8. The molecule has 16 atom stereocenters. The van der Waals surface area contributed by atoms with Crippen LogP contribution in [-0.2, 0) is 57.2 Å².